The summed E-state index contributed by atoms with van der Waals surface area (Å²) in [6, 6.07) is 18.3. The van der Waals surface area contributed by atoms with E-state index in [9.17, 15) is 14.7 Å². The van der Waals surface area contributed by atoms with Crippen LogP contribution in [0.5, 0.6) is 11.5 Å². The number of hydrogen-bond acceptors (Lipinski definition) is 5. The molecule has 5 heteroatoms. The topological polar surface area (TPSA) is 72.8 Å². The van der Waals surface area contributed by atoms with Gasteiger partial charge in [0.05, 0.1) is 5.39 Å². The zero-order valence-corrected chi connectivity index (χ0v) is 14.8. The highest BCUT2D eigenvalue weighted by Gasteiger charge is 2.77. The zero-order valence-electron chi connectivity index (χ0n) is 14.8. The summed E-state index contributed by atoms with van der Waals surface area (Å²) in [6.07, 6.45) is -1.16. The van der Waals surface area contributed by atoms with Crippen molar-refractivity contribution in [1.29, 1.82) is 0 Å². The van der Waals surface area contributed by atoms with Crippen molar-refractivity contribution in [3.63, 3.8) is 0 Å². The highest BCUT2D eigenvalue weighted by atomic mass is 16.7. The van der Waals surface area contributed by atoms with Gasteiger partial charge in [0.25, 0.3) is 0 Å². The molecule has 1 fully saturated rings. The van der Waals surface area contributed by atoms with Gasteiger partial charge < -0.3 is 14.6 Å². The van der Waals surface area contributed by atoms with Crippen molar-refractivity contribution < 1.29 is 24.2 Å². The number of fused-ring (bicyclic) bond motifs is 3. The first-order chi connectivity index (χ1) is 13.6. The third-order valence-electron chi connectivity index (χ3n) is 6.33. The SMILES string of the molecule is O=C1CCC(=O)C12C(O)c1ccccc1C21Oc2cccc3cccc(c23)O1. The molecule has 0 radical (unpaired) electrons. The predicted octanol–water partition coefficient (Wildman–Crippen LogP) is 3.43. The monoisotopic (exact) mass is 372 g/mol. The maximum atomic E-state index is 13.2. The highest BCUT2D eigenvalue weighted by molar-refractivity contribution is 6.15. The van der Waals surface area contributed by atoms with Crippen LogP contribution in [0.15, 0.2) is 60.7 Å². The van der Waals surface area contributed by atoms with E-state index in [0.29, 0.717) is 22.6 Å². The van der Waals surface area contributed by atoms with Gasteiger partial charge in [-0.1, -0.05) is 48.5 Å². The number of hydrogen-bond donors (Lipinski definition) is 1. The Hall–Kier alpha value is -3.18. The Morgan fingerprint density at radius 2 is 1.43 bits per heavy atom. The molecule has 1 atom stereocenters. The van der Waals surface area contributed by atoms with Crippen LogP contribution in [-0.2, 0) is 15.4 Å². The van der Waals surface area contributed by atoms with Crippen molar-refractivity contribution in [2.45, 2.75) is 24.7 Å². The number of ether oxygens (including phenoxy) is 2. The lowest BCUT2D eigenvalue weighted by molar-refractivity contribution is -0.220. The molecule has 2 spiro atoms. The van der Waals surface area contributed by atoms with Gasteiger partial charge in [0.15, 0.2) is 17.0 Å². The average Bonchev–Trinajstić information content (AvgIpc) is 3.12. The summed E-state index contributed by atoms with van der Waals surface area (Å²) in [5.41, 5.74) is -0.776. The molecule has 28 heavy (non-hydrogen) atoms. The summed E-state index contributed by atoms with van der Waals surface area (Å²) in [7, 11) is 0. The number of Topliss-reactive ketones (excluding diaryl/α,β-unsaturated/α-hetero) is 2. The van der Waals surface area contributed by atoms with Gasteiger partial charge in [-0.2, -0.15) is 0 Å². The van der Waals surface area contributed by atoms with Crippen molar-refractivity contribution in [2.75, 3.05) is 0 Å². The van der Waals surface area contributed by atoms with Gasteiger partial charge in [-0.25, -0.2) is 0 Å². The molecule has 1 unspecified atom stereocenters. The standard InChI is InChI=1S/C23H16O5/c24-18-11-12-19(25)22(18)21(26)14-7-1-2-8-15(14)23(22)27-16-9-3-5-13-6-4-10-17(28-23)20(13)16/h1-10,21,26H,11-12H2. The fraction of sp³-hybridized carbons (Fsp3) is 0.217. The number of benzene rings is 3. The second-order valence-electron chi connectivity index (χ2n) is 7.58. The molecule has 138 valence electrons. The van der Waals surface area contributed by atoms with E-state index < -0.39 is 17.3 Å². The van der Waals surface area contributed by atoms with Crippen LogP contribution in [0.2, 0.25) is 0 Å². The van der Waals surface area contributed by atoms with E-state index in [4.69, 9.17) is 9.47 Å². The van der Waals surface area contributed by atoms with Gasteiger partial charge in [0, 0.05) is 18.4 Å². The molecule has 1 heterocycles. The van der Waals surface area contributed by atoms with E-state index in [1.165, 1.54) is 0 Å². The lowest BCUT2D eigenvalue weighted by Crippen LogP contribution is -2.59. The first-order valence-corrected chi connectivity index (χ1v) is 9.33. The van der Waals surface area contributed by atoms with Gasteiger partial charge >= 0.3 is 5.79 Å². The lowest BCUT2D eigenvalue weighted by atomic mass is 9.74. The second-order valence-corrected chi connectivity index (χ2v) is 7.58. The highest BCUT2D eigenvalue weighted by Crippen LogP contribution is 2.64. The van der Waals surface area contributed by atoms with Crippen molar-refractivity contribution in [2.24, 2.45) is 5.41 Å². The Labute approximate surface area is 160 Å². The van der Waals surface area contributed by atoms with Crippen LogP contribution in [0.4, 0.5) is 0 Å². The zero-order chi connectivity index (χ0) is 19.1. The second kappa shape index (κ2) is 5.00. The summed E-state index contributed by atoms with van der Waals surface area (Å²) in [5.74, 6) is -1.32. The minimum Gasteiger partial charge on any atom is -0.446 e. The Balaban J connectivity index is 1.71. The Morgan fingerprint density at radius 1 is 0.821 bits per heavy atom. The summed E-state index contributed by atoms with van der Waals surface area (Å²) in [5, 5.41) is 13.0. The van der Waals surface area contributed by atoms with Gasteiger partial charge in [-0.05, 0) is 23.1 Å². The number of rotatable bonds is 0. The van der Waals surface area contributed by atoms with Crippen LogP contribution >= 0.6 is 0 Å². The van der Waals surface area contributed by atoms with E-state index in [1.807, 2.05) is 24.3 Å². The number of aliphatic hydroxyl groups excluding tert-OH is 1. The largest absolute Gasteiger partial charge is 0.446 e. The number of ketones is 2. The van der Waals surface area contributed by atoms with E-state index in [2.05, 4.69) is 0 Å². The summed E-state index contributed by atoms with van der Waals surface area (Å²) in [6.45, 7) is 0. The third-order valence-corrected chi connectivity index (χ3v) is 6.33. The number of carbonyl (C=O) groups is 2. The maximum Gasteiger partial charge on any atom is 0.300 e. The van der Waals surface area contributed by atoms with Crippen molar-refractivity contribution in [3.05, 3.63) is 71.8 Å². The van der Waals surface area contributed by atoms with Crippen LogP contribution in [0, 0.1) is 5.41 Å². The first kappa shape index (κ1) is 15.8. The molecular weight excluding hydrogens is 356 g/mol. The molecule has 2 aliphatic carbocycles. The summed E-state index contributed by atoms with van der Waals surface area (Å²) in [4.78, 5) is 26.3. The predicted molar refractivity (Wildman–Crippen MR) is 100.0 cm³/mol. The molecule has 3 aromatic carbocycles. The van der Waals surface area contributed by atoms with Crippen LogP contribution < -0.4 is 9.47 Å². The molecule has 5 nitrogen and oxygen atoms in total. The molecule has 0 amide bonds. The number of carbonyl (C=O) groups excluding carboxylic acids is 2. The van der Waals surface area contributed by atoms with Crippen molar-refractivity contribution in [3.8, 4) is 11.5 Å². The van der Waals surface area contributed by atoms with Crippen LogP contribution in [-0.4, -0.2) is 16.7 Å². The maximum absolute atomic E-state index is 13.2. The van der Waals surface area contributed by atoms with E-state index >= 15 is 0 Å². The Bertz CT molecular complexity index is 1140. The molecule has 3 aromatic rings. The first-order valence-electron chi connectivity index (χ1n) is 9.33. The van der Waals surface area contributed by atoms with Crippen LogP contribution in [0.25, 0.3) is 10.8 Å². The third kappa shape index (κ3) is 1.55. The quantitative estimate of drug-likeness (QED) is 0.612. The fourth-order valence-corrected chi connectivity index (χ4v) is 5.15. The van der Waals surface area contributed by atoms with Crippen molar-refractivity contribution in [1.82, 2.24) is 0 Å². The van der Waals surface area contributed by atoms with Gasteiger partial charge in [0.2, 0.25) is 0 Å². The molecule has 3 aliphatic rings. The molecular formula is C23H16O5. The van der Waals surface area contributed by atoms with Crippen LogP contribution in [0.3, 0.4) is 0 Å². The average molecular weight is 372 g/mol. The van der Waals surface area contributed by atoms with Gasteiger partial charge in [-0.15, -0.1) is 0 Å². The molecule has 1 saturated carbocycles. The van der Waals surface area contributed by atoms with Crippen molar-refractivity contribution >= 4 is 22.3 Å². The molecule has 0 bridgehead atoms. The molecule has 1 aliphatic heterocycles. The minimum absolute atomic E-state index is 0.0736. The molecule has 6 rings (SSSR count). The summed E-state index contributed by atoms with van der Waals surface area (Å²) >= 11 is 0. The Morgan fingerprint density at radius 3 is 2.07 bits per heavy atom. The van der Waals surface area contributed by atoms with Gasteiger partial charge in [0.1, 0.15) is 17.6 Å². The fourth-order valence-electron chi connectivity index (χ4n) is 5.15. The summed E-state index contributed by atoms with van der Waals surface area (Å²) < 4.78 is 12.8. The van der Waals surface area contributed by atoms with E-state index in [-0.39, 0.29) is 24.4 Å². The van der Waals surface area contributed by atoms with Gasteiger partial charge in [-0.3, -0.25) is 9.59 Å². The van der Waals surface area contributed by atoms with Crippen LogP contribution in [0.1, 0.15) is 30.1 Å². The molecule has 1 N–H and O–H groups in total. The normalized spacial score (nSPS) is 23.1. The minimum atomic E-state index is -1.80. The molecule has 0 saturated heterocycles. The lowest BCUT2D eigenvalue weighted by Gasteiger charge is -2.44. The number of aliphatic hydroxyl groups is 1. The molecule has 0 aromatic heterocycles. The Kier molecular flexibility index (Phi) is 2.83. The van der Waals surface area contributed by atoms with E-state index in [1.54, 1.807) is 36.4 Å². The smallest absolute Gasteiger partial charge is 0.300 e. The van der Waals surface area contributed by atoms with E-state index in [0.717, 1.165) is 10.8 Å².